The number of rotatable bonds is 9. The van der Waals surface area contributed by atoms with Crippen LogP contribution in [0.4, 0.5) is 0 Å². The average Bonchev–Trinajstić information content (AvgIpc) is 2.40. The highest BCUT2D eigenvalue weighted by atomic mass is 32.2. The molecule has 1 aromatic rings. The lowest BCUT2D eigenvalue weighted by molar-refractivity contribution is 0.295. The van der Waals surface area contributed by atoms with E-state index in [1.54, 1.807) is 7.11 Å². The van der Waals surface area contributed by atoms with Crippen LogP contribution >= 0.6 is 11.8 Å². The lowest BCUT2D eigenvalue weighted by atomic mass is 10.1. The standard InChI is InChI=1S/C14H23NO2S/c1-3-18-10-4-9-17-13-6-5-12(7-8-15)11-14(13)16-2/h5-6,11H,3-4,7-10,15H2,1-2H3. The second-order valence-corrected chi connectivity index (χ2v) is 5.32. The second-order valence-electron chi connectivity index (χ2n) is 3.92. The molecule has 0 bridgehead atoms. The van der Waals surface area contributed by atoms with Crippen LogP contribution in [-0.4, -0.2) is 31.8 Å². The van der Waals surface area contributed by atoms with Crippen LogP contribution in [0.15, 0.2) is 18.2 Å². The Balaban J connectivity index is 2.48. The first-order chi connectivity index (χ1) is 8.81. The molecule has 0 amide bonds. The van der Waals surface area contributed by atoms with Gasteiger partial charge in [-0.15, -0.1) is 0 Å². The number of benzene rings is 1. The maximum absolute atomic E-state index is 5.74. The predicted molar refractivity (Wildman–Crippen MR) is 78.9 cm³/mol. The molecule has 0 fully saturated rings. The lowest BCUT2D eigenvalue weighted by Crippen LogP contribution is -2.04. The fraction of sp³-hybridized carbons (Fsp3) is 0.571. The van der Waals surface area contributed by atoms with E-state index in [2.05, 4.69) is 6.92 Å². The summed E-state index contributed by atoms with van der Waals surface area (Å²) in [5.74, 6) is 3.92. The van der Waals surface area contributed by atoms with Crippen LogP contribution < -0.4 is 15.2 Å². The van der Waals surface area contributed by atoms with E-state index < -0.39 is 0 Å². The van der Waals surface area contributed by atoms with E-state index in [0.717, 1.165) is 42.5 Å². The van der Waals surface area contributed by atoms with Crippen molar-refractivity contribution in [2.75, 3.05) is 31.8 Å². The Labute approximate surface area is 114 Å². The van der Waals surface area contributed by atoms with E-state index in [9.17, 15) is 0 Å². The van der Waals surface area contributed by atoms with Crippen LogP contribution in [0.1, 0.15) is 18.9 Å². The number of ether oxygens (including phenoxy) is 2. The zero-order valence-electron chi connectivity index (χ0n) is 11.3. The highest BCUT2D eigenvalue weighted by molar-refractivity contribution is 7.99. The Morgan fingerprint density at radius 2 is 2.11 bits per heavy atom. The Hall–Kier alpha value is -0.870. The van der Waals surface area contributed by atoms with Crippen molar-refractivity contribution in [3.63, 3.8) is 0 Å². The van der Waals surface area contributed by atoms with Gasteiger partial charge in [-0.05, 0) is 48.6 Å². The summed E-state index contributed by atoms with van der Waals surface area (Å²) in [7, 11) is 1.67. The summed E-state index contributed by atoms with van der Waals surface area (Å²) in [5, 5.41) is 0. The summed E-state index contributed by atoms with van der Waals surface area (Å²) in [4.78, 5) is 0. The van der Waals surface area contributed by atoms with Crippen molar-refractivity contribution in [3.05, 3.63) is 23.8 Å². The normalized spacial score (nSPS) is 10.4. The van der Waals surface area contributed by atoms with Gasteiger partial charge >= 0.3 is 0 Å². The first-order valence-electron chi connectivity index (χ1n) is 6.39. The molecule has 0 aliphatic carbocycles. The van der Waals surface area contributed by atoms with Gasteiger partial charge in [-0.1, -0.05) is 13.0 Å². The Kier molecular flexibility index (Phi) is 7.69. The molecule has 2 N–H and O–H groups in total. The number of hydrogen-bond acceptors (Lipinski definition) is 4. The van der Waals surface area contributed by atoms with Crippen molar-refractivity contribution in [1.29, 1.82) is 0 Å². The van der Waals surface area contributed by atoms with Gasteiger partial charge in [-0.25, -0.2) is 0 Å². The third-order valence-corrected chi connectivity index (χ3v) is 3.54. The average molecular weight is 269 g/mol. The lowest BCUT2D eigenvalue weighted by Gasteiger charge is -2.12. The molecule has 0 spiro atoms. The summed E-state index contributed by atoms with van der Waals surface area (Å²) in [5.41, 5.74) is 6.73. The topological polar surface area (TPSA) is 44.5 Å². The van der Waals surface area contributed by atoms with E-state index >= 15 is 0 Å². The largest absolute Gasteiger partial charge is 0.493 e. The van der Waals surface area contributed by atoms with Gasteiger partial charge in [-0.2, -0.15) is 11.8 Å². The van der Waals surface area contributed by atoms with E-state index in [-0.39, 0.29) is 0 Å². The first-order valence-corrected chi connectivity index (χ1v) is 7.54. The highest BCUT2D eigenvalue weighted by Crippen LogP contribution is 2.28. The van der Waals surface area contributed by atoms with Crippen LogP contribution in [0.5, 0.6) is 11.5 Å². The van der Waals surface area contributed by atoms with Crippen LogP contribution in [0.3, 0.4) is 0 Å². The van der Waals surface area contributed by atoms with E-state index in [1.165, 1.54) is 5.56 Å². The molecule has 18 heavy (non-hydrogen) atoms. The Morgan fingerprint density at radius 1 is 1.28 bits per heavy atom. The van der Waals surface area contributed by atoms with Gasteiger partial charge in [0, 0.05) is 0 Å². The van der Waals surface area contributed by atoms with Gasteiger partial charge in [0.2, 0.25) is 0 Å². The third-order valence-electron chi connectivity index (χ3n) is 2.56. The summed E-state index contributed by atoms with van der Waals surface area (Å²) >= 11 is 1.94. The quantitative estimate of drug-likeness (QED) is 0.700. The summed E-state index contributed by atoms with van der Waals surface area (Å²) in [6.45, 7) is 3.56. The fourth-order valence-corrected chi connectivity index (χ4v) is 2.25. The molecule has 0 heterocycles. The van der Waals surface area contributed by atoms with Crippen molar-refractivity contribution < 1.29 is 9.47 Å². The van der Waals surface area contributed by atoms with Crippen molar-refractivity contribution >= 4 is 11.8 Å². The smallest absolute Gasteiger partial charge is 0.161 e. The molecule has 102 valence electrons. The third kappa shape index (κ3) is 5.19. The monoisotopic (exact) mass is 269 g/mol. The molecule has 0 aliphatic heterocycles. The minimum Gasteiger partial charge on any atom is -0.493 e. The maximum atomic E-state index is 5.74. The minimum absolute atomic E-state index is 0.650. The molecule has 0 saturated carbocycles. The summed E-state index contributed by atoms with van der Waals surface area (Å²) in [6.07, 6.45) is 1.93. The Bertz CT molecular complexity index is 345. The van der Waals surface area contributed by atoms with E-state index in [0.29, 0.717) is 6.54 Å². The van der Waals surface area contributed by atoms with E-state index in [4.69, 9.17) is 15.2 Å². The van der Waals surface area contributed by atoms with Crippen molar-refractivity contribution in [2.45, 2.75) is 19.8 Å². The Morgan fingerprint density at radius 3 is 2.78 bits per heavy atom. The maximum Gasteiger partial charge on any atom is 0.161 e. The number of methoxy groups -OCH3 is 1. The molecular weight excluding hydrogens is 246 g/mol. The van der Waals surface area contributed by atoms with Crippen LogP contribution in [0.2, 0.25) is 0 Å². The van der Waals surface area contributed by atoms with Crippen LogP contribution in [0.25, 0.3) is 0 Å². The van der Waals surface area contributed by atoms with Crippen LogP contribution in [0, 0.1) is 0 Å². The summed E-state index contributed by atoms with van der Waals surface area (Å²) < 4.78 is 11.1. The zero-order chi connectivity index (χ0) is 13.2. The number of hydrogen-bond donors (Lipinski definition) is 1. The molecule has 0 aliphatic rings. The predicted octanol–water partition coefficient (Wildman–Crippen LogP) is 2.72. The van der Waals surface area contributed by atoms with E-state index in [1.807, 2.05) is 30.0 Å². The molecule has 0 radical (unpaired) electrons. The molecule has 0 atom stereocenters. The van der Waals surface area contributed by atoms with Crippen molar-refractivity contribution in [3.8, 4) is 11.5 Å². The minimum atomic E-state index is 0.650. The molecule has 3 nitrogen and oxygen atoms in total. The molecule has 1 rings (SSSR count). The molecule has 0 saturated heterocycles. The molecule has 4 heteroatoms. The SMILES string of the molecule is CCSCCCOc1ccc(CCN)cc1OC. The fourth-order valence-electron chi connectivity index (χ4n) is 1.64. The van der Waals surface area contributed by atoms with Crippen molar-refractivity contribution in [1.82, 2.24) is 0 Å². The summed E-state index contributed by atoms with van der Waals surface area (Å²) in [6, 6.07) is 6.02. The van der Waals surface area contributed by atoms with Gasteiger partial charge in [0.05, 0.1) is 13.7 Å². The van der Waals surface area contributed by atoms with Gasteiger partial charge in [0.25, 0.3) is 0 Å². The van der Waals surface area contributed by atoms with Gasteiger partial charge in [0.1, 0.15) is 0 Å². The molecule has 0 aromatic heterocycles. The highest BCUT2D eigenvalue weighted by Gasteiger charge is 2.05. The number of nitrogens with two attached hydrogens (primary N) is 1. The van der Waals surface area contributed by atoms with Gasteiger partial charge < -0.3 is 15.2 Å². The molecular formula is C14H23NO2S. The van der Waals surface area contributed by atoms with Crippen LogP contribution in [-0.2, 0) is 6.42 Å². The zero-order valence-corrected chi connectivity index (χ0v) is 12.1. The second kappa shape index (κ2) is 9.11. The molecule has 1 aromatic carbocycles. The van der Waals surface area contributed by atoms with Gasteiger partial charge in [0.15, 0.2) is 11.5 Å². The first kappa shape index (κ1) is 15.2. The number of thioether (sulfide) groups is 1. The van der Waals surface area contributed by atoms with Crippen molar-refractivity contribution in [2.24, 2.45) is 5.73 Å². The molecule has 0 unspecified atom stereocenters. The van der Waals surface area contributed by atoms with Gasteiger partial charge in [-0.3, -0.25) is 0 Å².